The van der Waals surface area contributed by atoms with Gasteiger partial charge in [-0.15, -0.1) is 0 Å². The molecule has 137 heavy (non-hydrogen) atoms. The van der Waals surface area contributed by atoms with Crippen LogP contribution in [0.2, 0.25) is 33.2 Å². The third kappa shape index (κ3) is 29.8. The molecule has 0 spiro atoms. The van der Waals surface area contributed by atoms with Gasteiger partial charge in [-0.1, -0.05) is 286 Å². The van der Waals surface area contributed by atoms with Crippen molar-refractivity contribution in [3.63, 3.8) is 0 Å². The fourth-order valence-corrected chi connectivity index (χ4v) is 55.3. The van der Waals surface area contributed by atoms with Crippen molar-refractivity contribution in [1.82, 2.24) is 0 Å². The van der Waals surface area contributed by atoms with Crippen LogP contribution >= 0.6 is 0 Å². The summed E-state index contributed by atoms with van der Waals surface area (Å²) in [6, 6.07) is 59.5. The molecule has 0 radical (unpaired) electrons. The van der Waals surface area contributed by atoms with E-state index in [-0.39, 0.29) is 93.8 Å². The van der Waals surface area contributed by atoms with Gasteiger partial charge in [0.05, 0.1) is 96.6 Å². The number of fused-ring (bicyclic) bond motifs is 2. The van der Waals surface area contributed by atoms with Crippen molar-refractivity contribution in [2.24, 2.45) is 17.8 Å². The first-order chi connectivity index (χ1) is 65.9. The van der Waals surface area contributed by atoms with Crippen molar-refractivity contribution in [2.75, 3.05) is 52.9 Å². The zero-order valence-electron chi connectivity index (χ0n) is 80.3. The van der Waals surface area contributed by atoms with Crippen molar-refractivity contribution in [2.45, 2.75) is 305 Å². The maximum atomic E-state index is 12.1. The van der Waals surface area contributed by atoms with Crippen LogP contribution in [0.1, 0.15) is 164 Å². The van der Waals surface area contributed by atoms with Gasteiger partial charge >= 0.3 is 0 Å². The molecule has 6 aromatic carbocycles. The van der Waals surface area contributed by atoms with Crippen molar-refractivity contribution in [3.8, 4) is 0 Å². The van der Waals surface area contributed by atoms with E-state index in [1.807, 2.05) is 210 Å². The molecule has 8 aliphatic rings. The van der Waals surface area contributed by atoms with E-state index in [4.69, 9.17) is 94.1 Å². The van der Waals surface area contributed by atoms with Gasteiger partial charge in [0.15, 0.2) is 48.9 Å². The van der Waals surface area contributed by atoms with E-state index in [2.05, 4.69) is 135 Å². The van der Waals surface area contributed by atoms with Gasteiger partial charge in [-0.25, -0.2) is 0 Å². The Morgan fingerprint density at radius 2 is 0.657 bits per heavy atom. The number of aliphatic hydroxyl groups excluding tert-OH is 3. The summed E-state index contributed by atoms with van der Waals surface area (Å²) in [5.41, 5.74) is 5.31. The molecule has 8 unspecified atom stereocenters. The predicted octanol–water partition coefficient (Wildman–Crippen LogP) is 16.1. The Balaban J connectivity index is 0.000000224. The van der Waals surface area contributed by atoms with Crippen LogP contribution in [-0.4, -0.2) is 200 Å². The number of benzene rings is 6. The van der Waals surface area contributed by atoms with E-state index in [0.29, 0.717) is 36.4 Å². The molecule has 0 bridgehead atoms. The van der Waals surface area contributed by atoms with Gasteiger partial charge in [-0.05, 0) is 69.3 Å². The van der Waals surface area contributed by atoms with Crippen LogP contribution in [0.25, 0.3) is 0 Å². The molecule has 8 heterocycles. The lowest BCUT2D eigenvalue weighted by molar-refractivity contribution is -0.361. The summed E-state index contributed by atoms with van der Waals surface area (Å²) in [5.74, 6) is -3.50. The molecular formula is C95H134O23S17Si2. The molecule has 42 heteroatoms. The lowest BCUT2D eigenvalue weighted by Crippen LogP contribution is -2.65. The minimum Gasteiger partial charge on any atom is -0.391 e. The molecule has 8 saturated heterocycles. The Morgan fingerprint density at radius 1 is 0.350 bits per heavy atom. The Morgan fingerprint density at radius 3 is 0.993 bits per heavy atom. The van der Waals surface area contributed by atoms with Gasteiger partial charge in [-0.2, -0.15) is 0 Å². The normalized spacial score (nSPS) is 31.3. The molecule has 8 aliphatic heterocycles. The smallest absolute Gasteiger partial charge is 0.229 e. The van der Waals surface area contributed by atoms with E-state index in [0.717, 1.165) is 33.4 Å². The topological polar surface area (TPSA) is 245 Å². The third-order valence-corrected chi connectivity index (χ3v) is 62.9. The SMILES string of the molecule is CC1O[C@@H](O[Si](C(C)C)(C(C)C)C(C)C)[C@@H](C)C(O)[C@H]1O[C@@H]1OC[C@@H](C)C(OC23COC[C@]2(COCc2ccccc2)O[C@@H](c2ccccc2)O3)[C@H]1OCc1ccccc1.CC1O[C@@H](O[Si](C(C)C)(C(C)C)C(C)C)[C@@H](O)C(O)[C@H]1O[C@@H]1OC[C@@H](C)C(OC23COC[C@]2(COCc2ccccc2)O[C@@H](c2ccccc2)O3)[C@H]1OCc1ccccc1.S=S=S=S=S=S=S=S.S=S=S=S=S=S=S=S=S. The van der Waals surface area contributed by atoms with Gasteiger partial charge in [-0.3, -0.25) is 0 Å². The minimum atomic E-state index is -2.48. The Hall–Kier alpha value is -1.43. The van der Waals surface area contributed by atoms with Crippen molar-refractivity contribution >= 4 is 177 Å². The fraction of sp³-hybridized carbons (Fsp3) is 0.621. The first-order valence-corrected chi connectivity index (χ1v) is 70.5. The van der Waals surface area contributed by atoms with Gasteiger partial charge in [0, 0.05) is 189 Å². The van der Waals surface area contributed by atoms with E-state index >= 15 is 0 Å². The lowest BCUT2D eigenvalue weighted by Gasteiger charge is -2.51. The summed E-state index contributed by atoms with van der Waals surface area (Å²) in [5, 5.41) is 35.5. The number of hydrogen-bond acceptors (Lipinski definition) is 27. The summed E-state index contributed by atoms with van der Waals surface area (Å²) < 4.78 is 134. The Kier molecular flexibility index (Phi) is 48.0. The van der Waals surface area contributed by atoms with E-state index in [1.165, 1.54) is 35.5 Å². The highest BCUT2D eigenvalue weighted by Gasteiger charge is 2.71. The first-order valence-electron chi connectivity index (χ1n) is 46.2. The summed E-state index contributed by atoms with van der Waals surface area (Å²) in [6.07, 6.45) is -14.4. The van der Waals surface area contributed by atoms with Crippen LogP contribution in [0.15, 0.2) is 182 Å². The molecule has 0 saturated carbocycles. The van der Waals surface area contributed by atoms with E-state index in [9.17, 15) is 15.3 Å². The van der Waals surface area contributed by atoms with E-state index in [1.54, 1.807) is 79.9 Å². The maximum absolute atomic E-state index is 12.1. The van der Waals surface area contributed by atoms with Crippen molar-refractivity contribution in [1.29, 1.82) is 0 Å². The zero-order chi connectivity index (χ0) is 98.5. The van der Waals surface area contributed by atoms with Crippen molar-refractivity contribution < 1.29 is 109 Å². The second kappa shape index (κ2) is 56.8. The highest BCUT2D eigenvalue weighted by molar-refractivity contribution is 8.72. The molecule has 8 fully saturated rings. The molecule has 0 aliphatic carbocycles. The van der Waals surface area contributed by atoms with Gasteiger partial charge in [0.1, 0.15) is 49.8 Å². The second-order valence-electron chi connectivity index (χ2n) is 37.1. The van der Waals surface area contributed by atoms with Crippen LogP contribution in [0.3, 0.4) is 0 Å². The van der Waals surface area contributed by atoms with Crippen LogP contribution < -0.4 is 0 Å². The highest BCUT2D eigenvalue weighted by Crippen LogP contribution is 2.56. The molecule has 23 nitrogen and oxygen atoms in total. The summed E-state index contributed by atoms with van der Waals surface area (Å²) in [4.78, 5) is 0. The standard InChI is InChI=1S/C48H68O11Si.C47H66O12Si.S9.S8/c1-31(2)60(32(3)4,33(5)6)59-44-35(8)40(49)42(36(9)54-44)55-46-43(52-27-38-21-15-11-16-22-38)41(34(7)25-53-46)56-48-30-51-29-47(48,28-50-26-37-19-13-10-14-20-37)57-45(58-48)39-23-17-12-18-24-39;1-30(2)60(31(3)4,32(5)6)59-44-39(49)38(48)41(34(8)54-44)55-45-42(52-26-36-20-14-10-15-21-36)40(33(7)24-53-45)56-47-29-51-28-46(47,27-50-25-35-18-12-9-13-19-35)57-43(58-47)37-22-16-11-17-23-37;1-3-5-7-9-8-6-4-2;1-3-5-7-8-6-4-2/h10-24,31-36,40-46,49H,25-30H2,1-9H3;9-23,30-34,38-45,48-49H,24-29H2,1-8H3;;/t34-,35+,36?,40?,41?,42+,43-,44+,45-,46+,47+,48?;33-,34?,38?,39+,40?,41+,42-,43-,44+,45+,46+,47?;;/m11../s1. The Labute approximate surface area is 868 Å². The molecule has 14 rings (SSSR count). The first kappa shape index (κ1) is 116. The summed E-state index contributed by atoms with van der Waals surface area (Å²) in [6.45, 7) is 39.1. The average Bonchev–Trinajstić information content (AvgIpc) is 1.56. The van der Waals surface area contributed by atoms with Crippen LogP contribution in [0.4, 0.5) is 0 Å². The van der Waals surface area contributed by atoms with Gasteiger partial charge < -0.3 is 109 Å². The zero-order valence-corrected chi connectivity index (χ0v) is 96.1. The molecular weight excluding hydrogens is 2110 g/mol. The number of rotatable bonds is 34. The average molecular weight is 2250 g/mol. The predicted molar refractivity (Wildman–Crippen MR) is 580 cm³/mol. The van der Waals surface area contributed by atoms with Crippen LogP contribution in [0.5, 0.6) is 0 Å². The quantitative estimate of drug-likeness (QED) is 0.0318. The number of hydrogen-bond donors (Lipinski definition) is 3. The molecule has 0 aromatic heterocycles. The summed E-state index contributed by atoms with van der Waals surface area (Å²) >= 11 is 18.5. The Bertz CT molecular complexity index is 4950. The highest BCUT2D eigenvalue weighted by atomic mass is 33.4. The molecule has 6 aromatic rings. The largest absolute Gasteiger partial charge is 0.391 e. The lowest BCUT2D eigenvalue weighted by atomic mass is 9.91. The maximum Gasteiger partial charge on any atom is 0.229 e. The second-order valence-corrected chi connectivity index (χ2v) is 71.0. The van der Waals surface area contributed by atoms with Crippen LogP contribution in [0, 0.1) is 17.8 Å². The van der Waals surface area contributed by atoms with E-state index < -0.39 is 144 Å². The van der Waals surface area contributed by atoms with Gasteiger partial charge in [0.25, 0.3) is 0 Å². The molecule has 24 atom stereocenters. The molecule has 3 N–H and O–H groups in total. The number of ether oxygens (including phenoxy) is 18. The van der Waals surface area contributed by atoms with Crippen LogP contribution in [-0.2, 0) is 281 Å². The summed E-state index contributed by atoms with van der Waals surface area (Å²) in [7, 11) is 15.2. The fourth-order valence-electron chi connectivity index (χ4n) is 19.7. The monoisotopic (exact) mass is 2240 g/mol. The van der Waals surface area contributed by atoms with Gasteiger partial charge in [0.2, 0.25) is 28.2 Å². The minimum absolute atomic E-state index is 0.0831. The molecule has 0 amide bonds. The third-order valence-electron chi connectivity index (χ3n) is 26.4. The molecule has 762 valence electrons. The van der Waals surface area contributed by atoms with Crippen molar-refractivity contribution in [3.05, 3.63) is 215 Å². The number of aliphatic hydroxyl groups is 3.